The fourth-order valence-corrected chi connectivity index (χ4v) is 5.03. The second kappa shape index (κ2) is 13.8. The van der Waals surface area contributed by atoms with Crippen LogP contribution in [0.5, 0.6) is 11.5 Å². The molecule has 0 bridgehead atoms. The van der Waals surface area contributed by atoms with E-state index >= 15 is 0 Å². The van der Waals surface area contributed by atoms with Crippen molar-refractivity contribution < 1.29 is 38.5 Å². The summed E-state index contributed by atoms with van der Waals surface area (Å²) in [5, 5.41) is 23.4. The van der Waals surface area contributed by atoms with E-state index in [-0.39, 0.29) is 44.4 Å². The molecule has 3 atom stereocenters. The molecule has 10 nitrogen and oxygen atoms in total. The minimum atomic E-state index is -1.20. The van der Waals surface area contributed by atoms with Crippen molar-refractivity contribution >= 4 is 40.7 Å². The Morgan fingerprint density at radius 1 is 1.34 bits per heavy atom. The quantitative estimate of drug-likeness (QED) is 0.238. The van der Waals surface area contributed by atoms with Crippen LogP contribution < -0.4 is 14.8 Å². The summed E-state index contributed by atoms with van der Waals surface area (Å²) >= 11 is 2.01. The maximum Gasteiger partial charge on any atom is 0.247 e. The van der Waals surface area contributed by atoms with Crippen molar-refractivity contribution in [2.45, 2.75) is 51.5 Å². The van der Waals surface area contributed by atoms with Crippen LogP contribution in [0.25, 0.3) is 0 Å². The molecule has 11 heteroatoms. The molecule has 2 amide bonds. The summed E-state index contributed by atoms with van der Waals surface area (Å²) in [4.78, 5) is 39.2. The Balaban J connectivity index is 2.02. The van der Waals surface area contributed by atoms with Gasteiger partial charge in [-0.2, -0.15) is 0 Å². The number of carbonyl (C=O) groups excluding carboxylic acids is 3. The molecule has 3 rings (SSSR count). The second-order valence-corrected chi connectivity index (χ2v) is 10.6. The minimum absolute atomic E-state index is 0.0544. The van der Waals surface area contributed by atoms with Crippen molar-refractivity contribution in [3.8, 4) is 11.5 Å². The predicted molar refractivity (Wildman–Crippen MR) is 147 cm³/mol. The Hall–Kier alpha value is -2.90. The predicted octanol–water partition coefficient (Wildman–Crippen LogP) is 2.70. The summed E-state index contributed by atoms with van der Waals surface area (Å²) in [6, 6.07) is 4.09. The molecule has 2 aromatic rings. The average molecular weight is 640 g/mol. The summed E-state index contributed by atoms with van der Waals surface area (Å²) in [7, 11) is 1.44. The molecule has 0 saturated heterocycles. The highest BCUT2D eigenvalue weighted by Gasteiger charge is 2.41. The number of nitrogens with one attached hydrogen (secondary N) is 1. The molecule has 1 aromatic carbocycles. The zero-order valence-electron chi connectivity index (χ0n) is 21.6. The van der Waals surface area contributed by atoms with Gasteiger partial charge in [0.05, 0.1) is 35.9 Å². The molecule has 0 radical (unpaired) electrons. The van der Waals surface area contributed by atoms with Gasteiger partial charge >= 0.3 is 0 Å². The number of halogens is 1. The van der Waals surface area contributed by atoms with Gasteiger partial charge < -0.3 is 34.3 Å². The van der Waals surface area contributed by atoms with Gasteiger partial charge in [-0.3, -0.25) is 14.4 Å². The van der Waals surface area contributed by atoms with Gasteiger partial charge in [0.15, 0.2) is 11.5 Å². The highest BCUT2D eigenvalue weighted by molar-refractivity contribution is 14.1. The fraction of sp³-hybridized carbons (Fsp3) is 0.444. The SMILES string of the molecule is COc1cc(C=O)cc(I)c1O[C@H]1C=C(C(=O)NCCO)C[C@@H](N(Cc2ccoc2)C(=O)CC(C)C)[C@@H]1O. The van der Waals surface area contributed by atoms with E-state index in [2.05, 4.69) is 5.32 Å². The van der Waals surface area contributed by atoms with Gasteiger partial charge in [-0.15, -0.1) is 0 Å². The lowest BCUT2D eigenvalue weighted by Gasteiger charge is -2.40. The highest BCUT2D eigenvalue weighted by atomic mass is 127. The normalized spacial score (nSPS) is 19.0. The number of amides is 2. The van der Waals surface area contributed by atoms with E-state index in [9.17, 15) is 24.6 Å². The van der Waals surface area contributed by atoms with Crippen LogP contribution >= 0.6 is 22.6 Å². The van der Waals surface area contributed by atoms with E-state index in [4.69, 9.17) is 13.9 Å². The maximum atomic E-state index is 13.4. The number of benzene rings is 1. The third-order valence-electron chi connectivity index (χ3n) is 6.09. The molecule has 0 aliphatic heterocycles. The van der Waals surface area contributed by atoms with Crippen LogP contribution in [0.1, 0.15) is 42.6 Å². The number of methoxy groups -OCH3 is 1. The number of carbonyl (C=O) groups is 3. The lowest BCUT2D eigenvalue weighted by molar-refractivity contribution is -0.140. The number of hydrogen-bond donors (Lipinski definition) is 3. The van der Waals surface area contributed by atoms with Crippen LogP contribution in [0.4, 0.5) is 0 Å². The van der Waals surface area contributed by atoms with Gasteiger partial charge in [0.25, 0.3) is 0 Å². The fourth-order valence-electron chi connectivity index (χ4n) is 4.27. The molecular weight excluding hydrogens is 607 g/mol. The van der Waals surface area contributed by atoms with Crippen molar-refractivity contribution in [1.82, 2.24) is 10.2 Å². The van der Waals surface area contributed by atoms with Crippen molar-refractivity contribution in [3.05, 3.63) is 57.1 Å². The number of hydrogen-bond acceptors (Lipinski definition) is 8. The third-order valence-corrected chi connectivity index (χ3v) is 6.89. The molecule has 0 saturated carbocycles. The molecule has 0 unspecified atom stereocenters. The molecule has 0 fully saturated rings. The first-order valence-corrected chi connectivity index (χ1v) is 13.3. The molecule has 1 heterocycles. The Labute approximate surface area is 235 Å². The Bertz CT molecular complexity index is 1150. The van der Waals surface area contributed by atoms with E-state index in [1.807, 2.05) is 36.4 Å². The van der Waals surface area contributed by atoms with Crippen LogP contribution in [0, 0.1) is 9.49 Å². The standard InChI is InChI=1S/C27H33IN2O8/c1-16(2)8-24(33)30(13-17-4-7-37-15-17)21-11-19(27(35)29-5-6-31)12-22(25(21)34)38-26-20(28)9-18(14-32)10-23(26)36-3/h4,7,9-10,12,14-16,21-22,25,31,34H,5-6,8,11,13H2,1-3H3,(H,29,35)/t21-,22+,25+/m1/s1. The highest BCUT2D eigenvalue weighted by Crippen LogP contribution is 2.37. The summed E-state index contributed by atoms with van der Waals surface area (Å²) in [5.41, 5.74) is 1.45. The van der Waals surface area contributed by atoms with Gasteiger partial charge in [0.1, 0.15) is 18.5 Å². The van der Waals surface area contributed by atoms with Crippen LogP contribution in [0.2, 0.25) is 0 Å². The van der Waals surface area contributed by atoms with Crippen LogP contribution in [-0.2, 0) is 16.1 Å². The summed E-state index contributed by atoms with van der Waals surface area (Å²) in [6.45, 7) is 3.86. The van der Waals surface area contributed by atoms with Gasteiger partial charge in [-0.05, 0) is 52.8 Å². The zero-order chi connectivity index (χ0) is 27.8. The zero-order valence-corrected chi connectivity index (χ0v) is 23.7. The molecule has 1 aromatic heterocycles. The molecule has 1 aliphatic rings. The summed E-state index contributed by atoms with van der Waals surface area (Å²) in [5.74, 6) is 0.0570. The Morgan fingerprint density at radius 2 is 2.11 bits per heavy atom. The molecule has 1 aliphatic carbocycles. The first-order chi connectivity index (χ1) is 18.2. The van der Waals surface area contributed by atoms with E-state index in [1.165, 1.54) is 31.8 Å². The van der Waals surface area contributed by atoms with Crippen molar-refractivity contribution in [3.63, 3.8) is 0 Å². The molecule has 38 heavy (non-hydrogen) atoms. The smallest absolute Gasteiger partial charge is 0.247 e. The number of aldehydes is 1. The van der Waals surface area contributed by atoms with Crippen molar-refractivity contribution in [2.75, 3.05) is 20.3 Å². The van der Waals surface area contributed by atoms with Gasteiger partial charge in [-0.1, -0.05) is 13.8 Å². The largest absolute Gasteiger partial charge is 0.493 e. The maximum absolute atomic E-state index is 13.4. The lowest BCUT2D eigenvalue weighted by Crippen LogP contribution is -2.55. The summed E-state index contributed by atoms with van der Waals surface area (Å²) in [6.07, 6.45) is 3.38. The number of nitrogens with zero attached hydrogens (tertiary/aromatic N) is 1. The van der Waals surface area contributed by atoms with Gasteiger partial charge in [-0.25, -0.2) is 0 Å². The van der Waals surface area contributed by atoms with Crippen molar-refractivity contribution in [1.29, 1.82) is 0 Å². The van der Waals surface area contributed by atoms with Crippen molar-refractivity contribution in [2.24, 2.45) is 5.92 Å². The van der Waals surface area contributed by atoms with E-state index in [0.29, 0.717) is 32.5 Å². The van der Waals surface area contributed by atoms with Crippen LogP contribution in [0.15, 0.2) is 46.8 Å². The minimum Gasteiger partial charge on any atom is -0.493 e. The van der Waals surface area contributed by atoms with E-state index in [1.54, 1.807) is 17.0 Å². The Kier molecular flexibility index (Phi) is 10.7. The second-order valence-electron chi connectivity index (χ2n) is 9.42. The first kappa shape index (κ1) is 29.7. The molecular formula is C27H33IN2O8. The monoisotopic (exact) mass is 640 g/mol. The average Bonchev–Trinajstić information content (AvgIpc) is 3.40. The van der Waals surface area contributed by atoms with E-state index in [0.717, 1.165) is 5.56 Å². The molecule has 0 spiro atoms. The number of furan rings is 1. The topological polar surface area (TPSA) is 139 Å². The number of rotatable bonds is 12. The molecule has 206 valence electrons. The number of aliphatic hydroxyl groups excluding tert-OH is 2. The first-order valence-electron chi connectivity index (χ1n) is 12.3. The molecule has 3 N–H and O–H groups in total. The van der Waals surface area contributed by atoms with Crippen LogP contribution in [-0.4, -0.2) is 71.7 Å². The van der Waals surface area contributed by atoms with Gasteiger partial charge in [0, 0.05) is 42.6 Å². The third kappa shape index (κ3) is 7.35. The lowest BCUT2D eigenvalue weighted by atomic mass is 9.87. The number of ether oxygens (including phenoxy) is 2. The number of aliphatic hydroxyl groups is 2. The van der Waals surface area contributed by atoms with Gasteiger partial charge in [0.2, 0.25) is 11.8 Å². The summed E-state index contributed by atoms with van der Waals surface area (Å²) < 4.78 is 17.4. The Morgan fingerprint density at radius 3 is 2.71 bits per heavy atom. The van der Waals surface area contributed by atoms with E-state index < -0.39 is 24.2 Å². The van der Waals surface area contributed by atoms with Crippen LogP contribution in [0.3, 0.4) is 0 Å².